The highest BCUT2D eigenvalue weighted by Gasteiger charge is 2.22. The lowest BCUT2D eigenvalue weighted by Gasteiger charge is -2.20. The fourth-order valence-electron chi connectivity index (χ4n) is 2.58. The highest BCUT2D eigenvalue weighted by atomic mass is 35.5. The third kappa shape index (κ3) is 4.56. The number of anilines is 1. The smallest absolute Gasteiger partial charge is 0.264 e. The molecule has 1 atom stereocenters. The van der Waals surface area contributed by atoms with Gasteiger partial charge in [0.15, 0.2) is 0 Å². The first-order chi connectivity index (χ1) is 12.3. The Labute approximate surface area is 160 Å². The maximum absolute atomic E-state index is 12.7. The Balaban J connectivity index is 2.25. The Morgan fingerprint density at radius 3 is 2.42 bits per heavy atom. The SMILES string of the molecule is CCC[C@@H](C)NC(=O)c1ccc(N(C)S(=O)(=O)c2ccccc2)cc1Cl. The van der Waals surface area contributed by atoms with E-state index in [-0.39, 0.29) is 21.9 Å². The van der Waals surface area contributed by atoms with Gasteiger partial charge in [-0.1, -0.05) is 43.1 Å². The molecule has 0 heterocycles. The first-order valence-corrected chi connectivity index (χ1v) is 10.2. The molecule has 0 saturated carbocycles. The average Bonchev–Trinajstić information content (AvgIpc) is 2.61. The number of benzene rings is 2. The van der Waals surface area contributed by atoms with Crippen LogP contribution in [-0.4, -0.2) is 27.4 Å². The summed E-state index contributed by atoms with van der Waals surface area (Å²) >= 11 is 6.24. The Hall–Kier alpha value is -2.05. The second-order valence-electron chi connectivity index (χ2n) is 6.11. The van der Waals surface area contributed by atoms with E-state index in [0.29, 0.717) is 11.3 Å². The minimum atomic E-state index is -3.69. The van der Waals surface area contributed by atoms with E-state index in [1.54, 1.807) is 30.3 Å². The van der Waals surface area contributed by atoms with Gasteiger partial charge in [0.1, 0.15) is 0 Å². The van der Waals surface area contributed by atoms with Gasteiger partial charge in [-0.2, -0.15) is 0 Å². The number of nitrogens with one attached hydrogen (secondary N) is 1. The van der Waals surface area contributed by atoms with Crippen LogP contribution in [0.25, 0.3) is 0 Å². The van der Waals surface area contributed by atoms with Gasteiger partial charge in [0, 0.05) is 13.1 Å². The van der Waals surface area contributed by atoms with E-state index in [9.17, 15) is 13.2 Å². The molecule has 0 spiro atoms. The van der Waals surface area contributed by atoms with Crippen LogP contribution >= 0.6 is 11.6 Å². The molecule has 140 valence electrons. The summed E-state index contributed by atoms with van der Waals surface area (Å²) in [5.74, 6) is -0.268. The standard InChI is InChI=1S/C19H23ClN2O3S/c1-4-8-14(2)21-19(23)17-12-11-15(13-18(17)20)22(3)26(24,25)16-9-6-5-7-10-16/h5-7,9-14H,4,8H2,1-3H3,(H,21,23)/t14-/m1/s1. The highest BCUT2D eigenvalue weighted by molar-refractivity contribution is 7.92. The van der Waals surface area contributed by atoms with Crippen LogP contribution in [-0.2, 0) is 10.0 Å². The van der Waals surface area contributed by atoms with Gasteiger partial charge in [0.25, 0.3) is 15.9 Å². The Morgan fingerprint density at radius 2 is 1.85 bits per heavy atom. The molecule has 0 bridgehead atoms. The van der Waals surface area contributed by atoms with Crippen LogP contribution in [0.2, 0.25) is 5.02 Å². The van der Waals surface area contributed by atoms with Crippen LogP contribution in [0.1, 0.15) is 37.0 Å². The molecule has 2 aromatic carbocycles. The van der Waals surface area contributed by atoms with E-state index >= 15 is 0 Å². The fourth-order valence-corrected chi connectivity index (χ4v) is 4.05. The topological polar surface area (TPSA) is 66.5 Å². The van der Waals surface area contributed by atoms with Gasteiger partial charge in [-0.25, -0.2) is 8.42 Å². The minimum Gasteiger partial charge on any atom is -0.350 e. The summed E-state index contributed by atoms with van der Waals surface area (Å²) in [6.07, 6.45) is 1.84. The van der Waals surface area contributed by atoms with Crippen molar-refractivity contribution in [3.8, 4) is 0 Å². The van der Waals surface area contributed by atoms with Crippen molar-refractivity contribution < 1.29 is 13.2 Å². The largest absolute Gasteiger partial charge is 0.350 e. The van der Waals surface area contributed by atoms with Gasteiger partial charge in [-0.05, 0) is 43.7 Å². The van der Waals surface area contributed by atoms with E-state index in [0.717, 1.165) is 17.1 Å². The molecule has 1 N–H and O–H groups in total. The van der Waals surface area contributed by atoms with Crippen LogP contribution in [0.15, 0.2) is 53.4 Å². The van der Waals surface area contributed by atoms with E-state index in [4.69, 9.17) is 11.6 Å². The summed E-state index contributed by atoms with van der Waals surface area (Å²) in [4.78, 5) is 12.5. The zero-order chi connectivity index (χ0) is 19.3. The minimum absolute atomic E-state index is 0.0457. The Kier molecular flexibility index (Phi) is 6.67. The quantitative estimate of drug-likeness (QED) is 0.769. The molecule has 0 unspecified atom stereocenters. The predicted octanol–water partition coefficient (Wildman–Crippen LogP) is 4.08. The summed E-state index contributed by atoms with van der Waals surface area (Å²) in [7, 11) is -2.24. The van der Waals surface area contributed by atoms with Crippen molar-refractivity contribution in [2.75, 3.05) is 11.4 Å². The predicted molar refractivity (Wildman–Crippen MR) is 105 cm³/mol. The monoisotopic (exact) mass is 394 g/mol. The molecule has 1 amide bonds. The van der Waals surface area contributed by atoms with Gasteiger partial charge in [-0.15, -0.1) is 0 Å². The zero-order valence-electron chi connectivity index (χ0n) is 15.1. The molecule has 5 nitrogen and oxygen atoms in total. The number of sulfonamides is 1. The number of amides is 1. The molecule has 0 aliphatic rings. The first-order valence-electron chi connectivity index (χ1n) is 8.41. The van der Waals surface area contributed by atoms with Crippen molar-refractivity contribution in [2.45, 2.75) is 37.6 Å². The molecule has 0 saturated heterocycles. The van der Waals surface area contributed by atoms with Gasteiger partial charge in [0.2, 0.25) is 0 Å². The first kappa shape index (κ1) is 20.3. The molecule has 7 heteroatoms. The molecular weight excluding hydrogens is 372 g/mol. The summed E-state index contributed by atoms with van der Waals surface area (Å²) in [6, 6.07) is 12.8. The number of carbonyl (C=O) groups excluding carboxylic acids is 1. The van der Waals surface area contributed by atoms with Crippen LogP contribution < -0.4 is 9.62 Å². The lowest BCUT2D eigenvalue weighted by Crippen LogP contribution is -2.32. The second-order valence-corrected chi connectivity index (χ2v) is 8.49. The Morgan fingerprint density at radius 1 is 1.19 bits per heavy atom. The summed E-state index contributed by atoms with van der Waals surface area (Å²) in [5.41, 5.74) is 0.709. The van der Waals surface area contributed by atoms with E-state index in [1.807, 2.05) is 13.8 Å². The molecule has 0 fully saturated rings. The number of hydrogen-bond acceptors (Lipinski definition) is 3. The van der Waals surface area contributed by atoms with Crippen LogP contribution in [0, 0.1) is 0 Å². The van der Waals surface area contributed by atoms with Crippen LogP contribution in [0.3, 0.4) is 0 Å². The van der Waals surface area contributed by atoms with E-state index in [1.165, 1.54) is 25.2 Å². The van der Waals surface area contributed by atoms with Crippen molar-refractivity contribution >= 4 is 33.2 Å². The van der Waals surface area contributed by atoms with E-state index in [2.05, 4.69) is 5.32 Å². The number of nitrogens with zero attached hydrogens (tertiary/aromatic N) is 1. The Bertz CT molecular complexity index is 870. The molecule has 0 aliphatic carbocycles. The molecule has 0 aromatic heterocycles. The number of hydrogen-bond donors (Lipinski definition) is 1. The maximum atomic E-state index is 12.7. The van der Waals surface area contributed by atoms with Crippen molar-refractivity contribution in [1.29, 1.82) is 0 Å². The molecule has 2 aromatic rings. The zero-order valence-corrected chi connectivity index (χ0v) is 16.6. The summed E-state index contributed by atoms with van der Waals surface area (Å²) in [6.45, 7) is 3.98. The van der Waals surface area contributed by atoms with Crippen LogP contribution in [0.4, 0.5) is 5.69 Å². The normalized spacial score (nSPS) is 12.5. The third-order valence-corrected chi connectivity index (χ3v) is 6.17. The highest BCUT2D eigenvalue weighted by Crippen LogP contribution is 2.27. The second kappa shape index (κ2) is 8.56. The van der Waals surface area contributed by atoms with Gasteiger partial charge in [-0.3, -0.25) is 9.10 Å². The fraction of sp³-hybridized carbons (Fsp3) is 0.316. The summed E-state index contributed by atoms with van der Waals surface area (Å²) in [5, 5.41) is 3.09. The molecule has 0 radical (unpaired) electrons. The molecule has 0 aliphatic heterocycles. The van der Waals surface area contributed by atoms with Gasteiger partial charge in [0.05, 0.1) is 21.2 Å². The third-order valence-electron chi connectivity index (χ3n) is 4.06. The number of rotatable bonds is 7. The van der Waals surface area contributed by atoms with Crippen molar-refractivity contribution in [2.24, 2.45) is 0 Å². The van der Waals surface area contributed by atoms with Gasteiger partial charge >= 0.3 is 0 Å². The van der Waals surface area contributed by atoms with Gasteiger partial charge < -0.3 is 5.32 Å². The molecule has 2 rings (SSSR count). The van der Waals surface area contributed by atoms with Crippen molar-refractivity contribution in [3.05, 3.63) is 59.1 Å². The lowest BCUT2D eigenvalue weighted by molar-refractivity contribution is 0.0938. The molecule has 26 heavy (non-hydrogen) atoms. The van der Waals surface area contributed by atoms with Crippen LogP contribution in [0.5, 0.6) is 0 Å². The van der Waals surface area contributed by atoms with Crippen molar-refractivity contribution in [1.82, 2.24) is 5.32 Å². The number of carbonyl (C=O) groups is 1. The lowest BCUT2D eigenvalue weighted by atomic mass is 10.1. The van der Waals surface area contributed by atoms with Crippen molar-refractivity contribution in [3.63, 3.8) is 0 Å². The van der Waals surface area contributed by atoms with E-state index < -0.39 is 10.0 Å². The molecular formula is C19H23ClN2O3S. The summed E-state index contributed by atoms with van der Waals surface area (Å²) < 4.78 is 26.5. The number of halogens is 1. The average molecular weight is 395 g/mol. The maximum Gasteiger partial charge on any atom is 0.264 e.